The number of aromatic amines is 1. The Morgan fingerprint density at radius 3 is 2.84 bits per heavy atom. The van der Waals surface area contributed by atoms with Crippen molar-refractivity contribution in [3.05, 3.63) is 30.1 Å². The highest BCUT2D eigenvalue weighted by molar-refractivity contribution is 5.75. The highest BCUT2D eigenvalue weighted by Gasteiger charge is 2.23. The summed E-state index contributed by atoms with van der Waals surface area (Å²) in [6, 6.07) is 6.10. The van der Waals surface area contributed by atoms with E-state index in [1.165, 1.54) is 0 Å². The third-order valence-electron chi connectivity index (χ3n) is 3.38. The van der Waals surface area contributed by atoms with Gasteiger partial charge in [-0.25, -0.2) is 4.98 Å². The summed E-state index contributed by atoms with van der Waals surface area (Å²) in [5, 5.41) is 8.97. The van der Waals surface area contributed by atoms with Gasteiger partial charge >= 0.3 is 5.97 Å². The molecule has 2 N–H and O–H groups in total. The van der Waals surface area contributed by atoms with Crippen LogP contribution in [0.5, 0.6) is 0 Å². The molecule has 1 aromatic carbocycles. The number of fused-ring (bicyclic) bond motifs is 1. The summed E-state index contributed by atoms with van der Waals surface area (Å²) in [6.45, 7) is 1.97. The van der Waals surface area contributed by atoms with Crippen molar-refractivity contribution in [1.29, 1.82) is 0 Å². The molecule has 19 heavy (non-hydrogen) atoms. The standard InChI is InChI=1S/C14H19N3O2/c1-9(6-13(18)19)14(17(2)3)10-4-5-11-12(7-10)16-8-15-11/h4-5,7-9,14H,6H2,1-3H3,(H,15,16)(H,18,19). The van der Waals surface area contributed by atoms with Crippen molar-refractivity contribution < 1.29 is 9.90 Å². The lowest BCUT2D eigenvalue weighted by atomic mass is 9.91. The van der Waals surface area contributed by atoms with Crippen LogP contribution < -0.4 is 0 Å². The molecule has 2 rings (SSSR count). The van der Waals surface area contributed by atoms with Crippen LogP contribution in [0.3, 0.4) is 0 Å². The van der Waals surface area contributed by atoms with Crippen LogP contribution in [0, 0.1) is 5.92 Å². The summed E-state index contributed by atoms with van der Waals surface area (Å²) in [5.74, 6) is -0.727. The monoisotopic (exact) mass is 261 g/mol. The van der Waals surface area contributed by atoms with Gasteiger partial charge in [0.15, 0.2) is 0 Å². The highest BCUT2D eigenvalue weighted by atomic mass is 16.4. The molecule has 0 bridgehead atoms. The lowest BCUT2D eigenvalue weighted by molar-refractivity contribution is -0.138. The van der Waals surface area contributed by atoms with Crippen molar-refractivity contribution in [3.63, 3.8) is 0 Å². The summed E-state index contributed by atoms with van der Waals surface area (Å²) in [5.41, 5.74) is 3.01. The van der Waals surface area contributed by atoms with E-state index in [-0.39, 0.29) is 18.4 Å². The van der Waals surface area contributed by atoms with Crippen molar-refractivity contribution in [2.24, 2.45) is 5.92 Å². The second-order valence-electron chi connectivity index (χ2n) is 5.16. The Bertz CT molecular complexity index is 577. The second-order valence-corrected chi connectivity index (χ2v) is 5.16. The number of H-pyrrole nitrogens is 1. The highest BCUT2D eigenvalue weighted by Crippen LogP contribution is 2.30. The van der Waals surface area contributed by atoms with E-state index in [9.17, 15) is 4.79 Å². The molecule has 0 aliphatic carbocycles. The van der Waals surface area contributed by atoms with Crippen LogP contribution in [-0.2, 0) is 4.79 Å². The van der Waals surface area contributed by atoms with E-state index in [4.69, 9.17) is 5.11 Å². The van der Waals surface area contributed by atoms with Crippen molar-refractivity contribution in [3.8, 4) is 0 Å². The molecule has 0 spiro atoms. The number of nitrogens with zero attached hydrogens (tertiary/aromatic N) is 2. The lowest BCUT2D eigenvalue weighted by Gasteiger charge is -2.29. The molecule has 0 aliphatic heterocycles. The minimum absolute atomic E-state index is 0.0351. The number of carboxylic acid groups (broad SMARTS) is 1. The first-order valence-electron chi connectivity index (χ1n) is 6.30. The van der Waals surface area contributed by atoms with Crippen LogP contribution in [0.15, 0.2) is 24.5 Å². The summed E-state index contributed by atoms with van der Waals surface area (Å²) >= 11 is 0. The maximum Gasteiger partial charge on any atom is 0.303 e. The van der Waals surface area contributed by atoms with Crippen molar-refractivity contribution in [1.82, 2.24) is 14.9 Å². The topological polar surface area (TPSA) is 69.2 Å². The molecular formula is C14H19N3O2. The molecule has 2 atom stereocenters. The van der Waals surface area contributed by atoms with Gasteiger partial charge in [-0.05, 0) is 37.7 Å². The Labute approximate surface area is 112 Å². The van der Waals surface area contributed by atoms with Gasteiger partial charge in [0, 0.05) is 12.5 Å². The van der Waals surface area contributed by atoms with E-state index < -0.39 is 5.97 Å². The molecule has 1 heterocycles. The Balaban J connectivity index is 2.34. The Morgan fingerprint density at radius 2 is 2.21 bits per heavy atom. The van der Waals surface area contributed by atoms with E-state index in [0.717, 1.165) is 16.6 Å². The Kier molecular flexibility index (Phi) is 3.85. The first-order chi connectivity index (χ1) is 8.99. The van der Waals surface area contributed by atoms with E-state index in [0.29, 0.717) is 0 Å². The maximum atomic E-state index is 10.9. The number of carboxylic acids is 1. The average molecular weight is 261 g/mol. The SMILES string of the molecule is CC(CC(=O)O)C(c1ccc2nc[nH]c2c1)N(C)C. The molecule has 1 aromatic heterocycles. The molecule has 102 valence electrons. The molecule has 2 aromatic rings. The van der Waals surface area contributed by atoms with Gasteiger partial charge in [-0.1, -0.05) is 13.0 Å². The molecule has 0 amide bonds. The number of imidazole rings is 1. The van der Waals surface area contributed by atoms with E-state index in [1.54, 1.807) is 6.33 Å². The first-order valence-corrected chi connectivity index (χ1v) is 6.30. The van der Waals surface area contributed by atoms with Gasteiger partial charge in [0.05, 0.1) is 17.4 Å². The van der Waals surface area contributed by atoms with Gasteiger partial charge in [0.25, 0.3) is 0 Å². The fourth-order valence-electron chi connectivity index (χ4n) is 2.66. The largest absolute Gasteiger partial charge is 0.481 e. The normalized spacial score (nSPS) is 14.7. The zero-order valence-electron chi connectivity index (χ0n) is 11.4. The van der Waals surface area contributed by atoms with Crippen LogP contribution in [-0.4, -0.2) is 40.0 Å². The van der Waals surface area contributed by atoms with Crippen LogP contribution in [0.1, 0.15) is 24.9 Å². The summed E-state index contributed by atoms with van der Waals surface area (Å²) < 4.78 is 0. The lowest BCUT2D eigenvalue weighted by Crippen LogP contribution is -2.27. The average Bonchev–Trinajstić information content (AvgIpc) is 2.74. The second kappa shape index (κ2) is 5.40. The Morgan fingerprint density at radius 1 is 1.47 bits per heavy atom. The van der Waals surface area contributed by atoms with Crippen LogP contribution in [0.2, 0.25) is 0 Å². The Hall–Kier alpha value is -1.88. The number of rotatable bonds is 5. The number of aliphatic carboxylic acids is 1. The van der Waals surface area contributed by atoms with Crippen molar-refractivity contribution in [2.45, 2.75) is 19.4 Å². The van der Waals surface area contributed by atoms with Gasteiger partial charge in [-0.15, -0.1) is 0 Å². The molecule has 0 aliphatic rings. The molecule has 0 saturated heterocycles. The molecule has 5 nitrogen and oxygen atoms in total. The number of nitrogens with one attached hydrogen (secondary N) is 1. The molecule has 0 saturated carbocycles. The zero-order chi connectivity index (χ0) is 14.0. The molecule has 0 fully saturated rings. The van der Waals surface area contributed by atoms with Crippen LogP contribution in [0.4, 0.5) is 0 Å². The van der Waals surface area contributed by atoms with Gasteiger partial charge in [-0.3, -0.25) is 4.79 Å². The van der Waals surface area contributed by atoms with Crippen LogP contribution in [0.25, 0.3) is 11.0 Å². The van der Waals surface area contributed by atoms with Gasteiger partial charge < -0.3 is 15.0 Å². The minimum atomic E-state index is -0.762. The predicted molar refractivity (Wildman–Crippen MR) is 73.9 cm³/mol. The molecule has 0 radical (unpaired) electrons. The quantitative estimate of drug-likeness (QED) is 0.866. The summed E-state index contributed by atoms with van der Waals surface area (Å²) in [4.78, 5) is 20.2. The first kappa shape index (κ1) is 13.5. The van der Waals surface area contributed by atoms with E-state index in [2.05, 4.69) is 14.9 Å². The molecule has 2 unspecified atom stereocenters. The fourth-order valence-corrected chi connectivity index (χ4v) is 2.66. The molecule has 5 heteroatoms. The van der Waals surface area contributed by atoms with Crippen LogP contribution >= 0.6 is 0 Å². The number of carbonyl (C=O) groups is 1. The van der Waals surface area contributed by atoms with E-state index >= 15 is 0 Å². The summed E-state index contributed by atoms with van der Waals surface area (Å²) in [6.07, 6.45) is 1.82. The number of hydrogen-bond acceptors (Lipinski definition) is 3. The number of hydrogen-bond donors (Lipinski definition) is 2. The molecular weight excluding hydrogens is 242 g/mol. The summed E-state index contributed by atoms with van der Waals surface area (Å²) in [7, 11) is 3.94. The fraction of sp³-hybridized carbons (Fsp3) is 0.429. The third-order valence-corrected chi connectivity index (χ3v) is 3.38. The minimum Gasteiger partial charge on any atom is -0.481 e. The van der Waals surface area contributed by atoms with Gasteiger partial charge in [0.2, 0.25) is 0 Å². The zero-order valence-corrected chi connectivity index (χ0v) is 11.4. The van der Waals surface area contributed by atoms with Gasteiger partial charge in [0.1, 0.15) is 0 Å². The maximum absolute atomic E-state index is 10.9. The number of benzene rings is 1. The third kappa shape index (κ3) is 2.93. The predicted octanol–water partition coefficient (Wildman–Crippen LogP) is 2.28. The van der Waals surface area contributed by atoms with E-state index in [1.807, 2.05) is 39.2 Å². The number of aromatic nitrogens is 2. The van der Waals surface area contributed by atoms with Crippen molar-refractivity contribution in [2.75, 3.05) is 14.1 Å². The van der Waals surface area contributed by atoms with Gasteiger partial charge in [-0.2, -0.15) is 0 Å². The smallest absolute Gasteiger partial charge is 0.303 e. The van der Waals surface area contributed by atoms with Crippen molar-refractivity contribution >= 4 is 17.0 Å².